The van der Waals surface area contributed by atoms with Crippen LogP contribution in [0.1, 0.15) is 28.7 Å². The number of rotatable bonds is 5. The van der Waals surface area contributed by atoms with Crippen LogP contribution in [-0.2, 0) is 15.6 Å². The molecule has 0 amide bonds. The van der Waals surface area contributed by atoms with Crippen LogP contribution >= 0.6 is 0 Å². The van der Waals surface area contributed by atoms with Crippen LogP contribution in [0.5, 0.6) is 0 Å². The van der Waals surface area contributed by atoms with Gasteiger partial charge < -0.3 is 5.11 Å². The third-order valence-corrected chi connectivity index (χ3v) is 4.63. The van der Waals surface area contributed by atoms with Gasteiger partial charge in [-0.25, -0.2) is 17.9 Å². The van der Waals surface area contributed by atoms with Crippen LogP contribution in [-0.4, -0.2) is 40.2 Å². The summed E-state index contributed by atoms with van der Waals surface area (Å²) in [7, 11) is -3.40. The average Bonchev–Trinajstić information content (AvgIpc) is 2.83. The van der Waals surface area contributed by atoms with Gasteiger partial charge in [-0.15, -0.1) is 5.10 Å². The molecular weight excluding hydrogens is 294 g/mol. The number of carboxylic acid groups (broad SMARTS) is 1. The maximum absolute atomic E-state index is 11.8. The molecule has 0 radical (unpaired) electrons. The minimum atomic E-state index is -3.40. The second kappa shape index (κ2) is 5.65. The molecular formula is C13H15N3O4S. The van der Waals surface area contributed by atoms with Gasteiger partial charge >= 0.3 is 5.97 Å². The summed E-state index contributed by atoms with van der Waals surface area (Å²) >= 11 is 0. The first-order chi connectivity index (χ1) is 9.84. The minimum absolute atomic E-state index is 0.0632. The Morgan fingerprint density at radius 1 is 1.29 bits per heavy atom. The SMILES string of the molecule is CCS(=O)(=O)Cc1c(C(=O)O)nnn1-c1ccc(C)cc1. The first kappa shape index (κ1) is 15.2. The number of aromatic carboxylic acids is 1. The van der Waals surface area contributed by atoms with E-state index in [1.165, 1.54) is 11.6 Å². The lowest BCUT2D eigenvalue weighted by Crippen LogP contribution is -2.14. The standard InChI is InChI=1S/C13H15N3O4S/c1-3-21(19,20)8-11-12(13(17)18)14-15-16(11)10-6-4-9(2)5-7-10/h4-7H,3,8H2,1-2H3,(H,17,18). The summed E-state index contributed by atoms with van der Waals surface area (Å²) in [5.74, 6) is -1.79. The number of sulfone groups is 1. The molecule has 7 nitrogen and oxygen atoms in total. The second-order valence-corrected chi connectivity index (χ2v) is 6.97. The molecule has 0 unspecified atom stereocenters. The van der Waals surface area contributed by atoms with Gasteiger partial charge in [0.15, 0.2) is 15.5 Å². The topological polar surface area (TPSA) is 102 Å². The van der Waals surface area contributed by atoms with Crippen molar-refractivity contribution in [2.75, 3.05) is 5.75 Å². The molecule has 0 spiro atoms. The zero-order chi connectivity index (χ0) is 15.6. The molecule has 0 atom stereocenters. The number of hydrogen-bond donors (Lipinski definition) is 1. The molecule has 1 N–H and O–H groups in total. The number of carboxylic acids is 1. The molecule has 0 aliphatic heterocycles. The van der Waals surface area contributed by atoms with Gasteiger partial charge in [-0.05, 0) is 19.1 Å². The Bertz CT molecular complexity index is 763. The van der Waals surface area contributed by atoms with Crippen molar-refractivity contribution in [3.63, 3.8) is 0 Å². The summed E-state index contributed by atoms with van der Waals surface area (Å²) in [6.07, 6.45) is 0. The third kappa shape index (κ3) is 3.27. The molecule has 2 rings (SSSR count). The number of aryl methyl sites for hydroxylation is 1. The molecule has 0 saturated carbocycles. The Labute approximate surface area is 122 Å². The molecule has 2 aromatic rings. The van der Waals surface area contributed by atoms with Gasteiger partial charge in [-0.2, -0.15) is 0 Å². The normalized spacial score (nSPS) is 11.5. The Balaban J connectivity index is 2.56. The third-order valence-electron chi connectivity index (χ3n) is 3.04. The lowest BCUT2D eigenvalue weighted by molar-refractivity contribution is 0.0689. The van der Waals surface area contributed by atoms with Crippen molar-refractivity contribution in [1.82, 2.24) is 15.0 Å². The van der Waals surface area contributed by atoms with Crippen LogP contribution < -0.4 is 0 Å². The average molecular weight is 309 g/mol. The van der Waals surface area contributed by atoms with Gasteiger partial charge in [0.05, 0.1) is 17.1 Å². The van der Waals surface area contributed by atoms with Crippen molar-refractivity contribution < 1.29 is 18.3 Å². The molecule has 1 heterocycles. The Hall–Kier alpha value is -2.22. The first-order valence-electron chi connectivity index (χ1n) is 6.29. The van der Waals surface area contributed by atoms with E-state index in [4.69, 9.17) is 5.11 Å². The van der Waals surface area contributed by atoms with Crippen molar-refractivity contribution in [3.8, 4) is 5.69 Å². The highest BCUT2D eigenvalue weighted by atomic mass is 32.2. The second-order valence-electron chi connectivity index (χ2n) is 4.61. The monoisotopic (exact) mass is 309 g/mol. The number of nitrogens with zero attached hydrogens (tertiary/aromatic N) is 3. The maximum Gasteiger partial charge on any atom is 0.358 e. The van der Waals surface area contributed by atoms with Crippen LogP contribution in [0.2, 0.25) is 0 Å². The largest absolute Gasteiger partial charge is 0.476 e. The summed E-state index contributed by atoms with van der Waals surface area (Å²) in [5, 5.41) is 16.5. The number of carbonyl (C=O) groups is 1. The Morgan fingerprint density at radius 3 is 2.43 bits per heavy atom. The first-order valence-corrected chi connectivity index (χ1v) is 8.11. The van der Waals surface area contributed by atoms with E-state index in [1.54, 1.807) is 12.1 Å². The lowest BCUT2D eigenvalue weighted by Gasteiger charge is -2.07. The summed E-state index contributed by atoms with van der Waals surface area (Å²) in [4.78, 5) is 11.2. The molecule has 112 valence electrons. The number of hydrogen-bond acceptors (Lipinski definition) is 5. The quantitative estimate of drug-likeness (QED) is 0.890. The van der Waals surface area contributed by atoms with Crippen molar-refractivity contribution in [1.29, 1.82) is 0 Å². The predicted molar refractivity (Wildman–Crippen MR) is 76.2 cm³/mol. The number of benzene rings is 1. The minimum Gasteiger partial charge on any atom is -0.476 e. The highest BCUT2D eigenvalue weighted by Crippen LogP contribution is 2.17. The molecule has 8 heteroatoms. The van der Waals surface area contributed by atoms with Crippen LogP contribution in [0.25, 0.3) is 5.69 Å². The molecule has 0 saturated heterocycles. The lowest BCUT2D eigenvalue weighted by atomic mass is 10.2. The smallest absolute Gasteiger partial charge is 0.358 e. The highest BCUT2D eigenvalue weighted by molar-refractivity contribution is 7.90. The van der Waals surface area contributed by atoms with E-state index in [1.807, 2.05) is 19.1 Å². The fourth-order valence-electron chi connectivity index (χ4n) is 1.80. The van der Waals surface area contributed by atoms with Crippen LogP contribution in [0.3, 0.4) is 0 Å². The molecule has 0 aliphatic rings. The maximum atomic E-state index is 11.8. The van der Waals surface area contributed by atoms with E-state index < -0.39 is 21.6 Å². The molecule has 1 aromatic heterocycles. The van der Waals surface area contributed by atoms with Crippen molar-refractivity contribution >= 4 is 15.8 Å². The fourth-order valence-corrected chi connectivity index (χ4v) is 2.68. The zero-order valence-corrected chi connectivity index (χ0v) is 12.5. The molecule has 0 aliphatic carbocycles. The van der Waals surface area contributed by atoms with E-state index in [0.717, 1.165) is 5.56 Å². The van der Waals surface area contributed by atoms with Crippen LogP contribution in [0.4, 0.5) is 0 Å². The van der Waals surface area contributed by atoms with E-state index in [0.29, 0.717) is 5.69 Å². The van der Waals surface area contributed by atoms with Gasteiger partial charge in [-0.1, -0.05) is 29.8 Å². The van der Waals surface area contributed by atoms with Crippen molar-refractivity contribution in [2.45, 2.75) is 19.6 Å². The highest BCUT2D eigenvalue weighted by Gasteiger charge is 2.24. The zero-order valence-electron chi connectivity index (χ0n) is 11.6. The van der Waals surface area contributed by atoms with Gasteiger partial charge in [0.25, 0.3) is 0 Å². The van der Waals surface area contributed by atoms with Crippen LogP contribution in [0.15, 0.2) is 24.3 Å². The summed E-state index contributed by atoms with van der Waals surface area (Å²) < 4.78 is 24.9. The summed E-state index contributed by atoms with van der Waals surface area (Å²) in [6.45, 7) is 3.42. The molecule has 1 aromatic carbocycles. The Kier molecular flexibility index (Phi) is 4.08. The van der Waals surface area contributed by atoms with Gasteiger partial charge in [0, 0.05) is 5.75 Å². The molecule has 0 fully saturated rings. The fraction of sp³-hybridized carbons (Fsp3) is 0.308. The summed E-state index contributed by atoms with van der Waals surface area (Å²) in [6, 6.07) is 7.13. The molecule has 21 heavy (non-hydrogen) atoms. The van der Waals surface area contributed by atoms with Gasteiger partial charge in [0.2, 0.25) is 0 Å². The Morgan fingerprint density at radius 2 is 1.90 bits per heavy atom. The van der Waals surface area contributed by atoms with E-state index >= 15 is 0 Å². The van der Waals surface area contributed by atoms with Crippen molar-refractivity contribution in [3.05, 3.63) is 41.2 Å². The van der Waals surface area contributed by atoms with E-state index in [2.05, 4.69) is 10.3 Å². The van der Waals surface area contributed by atoms with Crippen molar-refractivity contribution in [2.24, 2.45) is 0 Å². The number of aromatic nitrogens is 3. The van der Waals surface area contributed by atoms with Crippen LogP contribution in [0, 0.1) is 6.92 Å². The summed E-state index contributed by atoms with van der Waals surface area (Å²) in [5.41, 5.74) is 1.32. The molecule has 0 bridgehead atoms. The van der Waals surface area contributed by atoms with Gasteiger partial charge in [-0.3, -0.25) is 0 Å². The van der Waals surface area contributed by atoms with E-state index in [-0.39, 0.29) is 17.1 Å². The van der Waals surface area contributed by atoms with Gasteiger partial charge in [0.1, 0.15) is 0 Å². The van der Waals surface area contributed by atoms with E-state index in [9.17, 15) is 13.2 Å². The predicted octanol–water partition coefficient (Wildman–Crippen LogP) is 1.21.